The molecule has 2 N–H and O–H groups in total. The van der Waals surface area contributed by atoms with Crippen LogP contribution in [-0.2, 0) is 13.1 Å². The maximum Gasteiger partial charge on any atom is 0.176 e. The predicted octanol–water partition coefficient (Wildman–Crippen LogP) is 4.78. The summed E-state index contributed by atoms with van der Waals surface area (Å²) in [4.78, 5) is 0. The maximum atomic E-state index is 13.0. The standard InChI is InChI=1S/C21H18ClFN6S/c22-17-3-1-2-16(10-17)13-29-14-19(11-24-29)25-21(30)26-20-8-9-28(27-20)12-15-4-6-18(23)7-5-15/h1-11,14H,12-13H2,(H2,25,26,27,30). The molecule has 30 heavy (non-hydrogen) atoms. The lowest BCUT2D eigenvalue weighted by Gasteiger charge is -2.06. The van der Waals surface area contributed by atoms with Crippen LogP contribution in [0, 0.1) is 5.82 Å². The van der Waals surface area contributed by atoms with Gasteiger partial charge in [-0.1, -0.05) is 35.9 Å². The summed E-state index contributed by atoms with van der Waals surface area (Å²) < 4.78 is 16.6. The lowest BCUT2D eigenvalue weighted by atomic mass is 10.2. The van der Waals surface area contributed by atoms with Gasteiger partial charge in [0.25, 0.3) is 0 Å². The van der Waals surface area contributed by atoms with Crippen molar-refractivity contribution in [2.45, 2.75) is 13.1 Å². The molecule has 152 valence electrons. The van der Waals surface area contributed by atoms with E-state index in [1.54, 1.807) is 27.7 Å². The normalized spacial score (nSPS) is 10.7. The van der Waals surface area contributed by atoms with Crippen LogP contribution in [-0.4, -0.2) is 24.7 Å². The summed E-state index contributed by atoms with van der Waals surface area (Å²) in [6.07, 6.45) is 5.39. The first-order chi connectivity index (χ1) is 14.5. The SMILES string of the molecule is Fc1ccc(Cn2ccc(NC(=S)Nc3cnn(Cc4cccc(Cl)c4)c3)n2)cc1. The highest BCUT2D eigenvalue weighted by Crippen LogP contribution is 2.14. The molecule has 0 atom stereocenters. The molecule has 4 rings (SSSR count). The molecule has 0 unspecified atom stereocenters. The van der Waals surface area contributed by atoms with Gasteiger partial charge in [-0.2, -0.15) is 10.2 Å². The van der Waals surface area contributed by atoms with Gasteiger partial charge in [0, 0.05) is 23.5 Å². The second-order valence-electron chi connectivity index (χ2n) is 6.66. The minimum absolute atomic E-state index is 0.256. The Morgan fingerprint density at radius 1 is 1.00 bits per heavy atom. The van der Waals surface area contributed by atoms with E-state index in [-0.39, 0.29) is 5.82 Å². The summed E-state index contributed by atoms with van der Waals surface area (Å²) in [5, 5.41) is 16.0. The molecular weight excluding hydrogens is 423 g/mol. The second kappa shape index (κ2) is 9.06. The van der Waals surface area contributed by atoms with Crippen molar-refractivity contribution in [2.24, 2.45) is 0 Å². The Bertz CT molecular complexity index is 1150. The first-order valence-electron chi connectivity index (χ1n) is 9.16. The van der Waals surface area contributed by atoms with Crippen LogP contribution in [0.15, 0.2) is 73.2 Å². The third kappa shape index (κ3) is 5.43. The van der Waals surface area contributed by atoms with E-state index in [0.717, 1.165) is 16.8 Å². The summed E-state index contributed by atoms with van der Waals surface area (Å²) in [6.45, 7) is 1.15. The number of hydrogen-bond acceptors (Lipinski definition) is 3. The van der Waals surface area contributed by atoms with E-state index in [1.807, 2.05) is 42.7 Å². The molecule has 2 aromatic carbocycles. The summed E-state index contributed by atoms with van der Waals surface area (Å²) in [6, 6.07) is 15.8. The Hall–Kier alpha value is -3.23. The van der Waals surface area contributed by atoms with Gasteiger partial charge in [-0.05, 0) is 47.6 Å². The molecule has 4 aromatic rings. The van der Waals surface area contributed by atoms with E-state index >= 15 is 0 Å². The Morgan fingerprint density at radius 3 is 2.60 bits per heavy atom. The van der Waals surface area contributed by atoms with Crippen LogP contribution in [0.1, 0.15) is 11.1 Å². The minimum atomic E-state index is -0.256. The van der Waals surface area contributed by atoms with Crippen LogP contribution in [0.2, 0.25) is 5.02 Å². The summed E-state index contributed by atoms with van der Waals surface area (Å²) in [5.41, 5.74) is 2.78. The molecule has 0 aliphatic carbocycles. The minimum Gasteiger partial charge on any atom is -0.330 e. The van der Waals surface area contributed by atoms with Crippen molar-refractivity contribution >= 4 is 40.4 Å². The highest BCUT2D eigenvalue weighted by atomic mass is 35.5. The lowest BCUT2D eigenvalue weighted by molar-refractivity contribution is 0.624. The van der Waals surface area contributed by atoms with Crippen LogP contribution in [0.4, 0.5) is 15.9 Å². The summed E-state index contributed by atoms with van der Waals surface area (Å²) in [7, 11) is 0. The van der Waals surface area contributed by atoms with Crippen molar-refractivity contribution in [3.8, 4) is 0 Å². The maximum absolute atomic E-state index is 13.0. The topological polar surface area (TPSA) is 59.7 Å². The largest absolute Gasteiger partial charge is 0.330 e. The van der Waals surface area contributed by atoms with Crippen molar-refractivity contribution in [2.75, 3.05) is 10.6 Å². The Labute approximate surface area is 183 Å². The number of nitrogens with one attached hydrogen (secondary N) is 2. The summed E-state index contributed by atoms with van der Waals surface area (Å²) in [5.74, 6) is 0.356. The highest BCUT2D eigenvalue weighted by Gasteiger charge is 2.06. The van der Waals surface area contributed by atoms with E-state index in [9.17, 15) is 4.39 Å². The quantitative estimate of drug-likeness (QED) is 0.423. The fourth-order valence-corrected chi connectivity index (χ4v) is 3.34. The molecule has 0 radical (unpaired) electrons. The molecule has 0 spiro atoms. The molecule has 0 bridgehead atoms. The van der Waals surface area contributed by atoms with E-state index in [1.165, 1.54) is 12.1 Å². The van der Waals surface area contributed by atoms with Crippen molar-refractivity contribution in [3.63, 3.8) is 0 Å². The highest BCUT2D eigenvalue weighted by molar-refractivity contribution is 7.80. The van der Waals surface area contributed by atoms with E-state index in [4.69, 9.17) is 23.8 Å². The van der Waals surface area contributed by atoms with Crippen LogP contribution in [0.25, 0.3) is 0 Å². The number of anilines is 2. The predicted molar refractivity (Wildman–Crippen MR) is 120 cm³/mol. The number of aromatic nitrogens is 4. The molecule has 2 aromatic heterocycles. The average molecular weight is 441 g/mol. The molecule has 0 saturated heterocycles. The van der Waals surface area contributed by atoms with Gasteiger partial charge in [0.2, 0.25) is 0 Å². The van der Waals surface area contributed by atoms with E-state index < -0.39 is 0 Å². The van der Waals surface area contributed by atoms with Gasteiger partial charge >= 0.3 is 0 Å². The third-order valence-corrected chi connectivity index (χ3v) is 4.70. The van der Waals surface area contributed by atoms with Gasteiger partial charge in [0.15, 0.2) is 10.9 Å². The van der Waals surface area contributed by atoms with Crippen molar-refractivity contribution in [3.05, 3.63) is 95.2 Å². The molecule has 0 amide bonds. The zero-order valence-electron chi connectivity index (χ0n) is 15.8. The average Bonchev–Trinajstić information content (AvgIpc) is 3.33. The zero-order chi connectivity index (χ0) is 20.9. The Kier molecular flexibility index (Phi) is 6.06. The van der Waals surface area contributed by atoms with Gasteiger partial charge in [0.1, 0.15) is 5.82 Å². The smallest absolute Gasteiger partial charge is 0.176 e. The Balaban J connectivity index is 1.31. The number of halogens is 2. The van der Waals surface area contributed by atoms with Crippen molar-refractivity contribution in [1.82, 2.24) is 19.6 Å². The van der Waals surface area contributed by atoms with Gasteiger partial charge in [0.05, 0.1) is 25.0 Å². The monoisotopic (exact) mass is 440 g/mol. The second-order valence-corrected chi connectivity index (χ2v) is 7.51. The molecule has 2 heterocycles. The lowest BCUT2D eigenvalue weighted by Crippen LogP contribution is -2.19. The number of hydrogen-bond donors (Lipinski definition) is 2. The molecule has 0 aliphatic rings. The number of benzene rings is 2. The van der Waals surface area contributed by atoms with Crippen LogP contribution < -0.4 is 10.6 Å². The van der Waals surface area contributed by atoms with Gasteiger partial charge in [-0.25, -0.2) is 4.39 Å². The van der Waals surface area contributed by atoms with Crippen molar-refractivity contribution in [1.29, 1.82) is 0 Å². The Morgan fingerprint density at radius 2 is 1.80 bits per heavy atom. The van der Waals surface area contributed by atoms with Crippen LogP contribution in [0.3, 0.4) is 0 Å². The van der Waals surface area contributed by atoms with Gasteiger partial charge < -0.3 is 10.6 Å². The fourth-order valence-electron chi connectivity index (χ4n) is 2.91. The van der Waals surface area contributed by atoms with Gasteiger partial charge in [-0.15, -0.1) is 0 Å². The van der Waals surface area contributed by atoms with Crippen LogP contribution in [0.5, 0.6) is 0 Å². The summed E-state index contributed by atoms with van der Waals surface area (Å²) >= 11 is 11.4. The van der Waals surface area contributed by atoms with E-state index in [2.05, 4.69) is 20.8 Å². The van der Waals surface area contributed by atoms with E-state index in [0.29, 0.717) is 29.0 Å². The third-order valence-electron chi connectivity index (χ3n) is 4.26. The molecular formula is C21H18ClFN6S. The first-order valence-corrected chi connectivity index (χ1v) is 9.95. The number of rotatable bonds is 6. The van der Waals surface area contributed by atoms with Crippen LogP contribution >= 0.6 is 23.8 Å². The molecule has 9 heteroatoms. The molecule has 0 fully saturated rings. The first kappa shape index (κ1) is 20.1. The van der Waals surface area contributed by atoms with Crippen molar-refractivity contribution < 1.29 is 4.39 Å². The number of thiocarbonyl (C=S) groups is 1. The fraction of sp³-hybridized carbons (Fsp3) is 0.0952. The zero-order valence-corrected chi connectivity index (χ0v) is 17.4. The molecule has 0 aliphatic heterocycles. The molecule has 0 saturated carbocycles. The number of nitrogens with zero attached hydrogens (tertiary/aromatic N) is 4. The van der Waals surface area contributed by atoms with Gasteiger partial charge in [-0.3, -0.25) is 9.36 Å². The molecule has 6 nitrogen and oxygen atoms in total.